The highest BCUT2D eigenvalue weighted by molar-refractivity contribution is 9.10. The molecule has 0 rings (SSSR count). The predicted molar refractivity (Wildman–Crippen MR) is 34.2 cm³/mol. The summed E-state index contributed by atoms with van der Waals surface area (Å²) < 4.78 is 0. The van der Waals surface area contributed by atoms with E-state index in [1.807, 2.05) is 0 Å². The van der Waals surface area contributed by atoms with Gasteiger partial charge >= 0.3 is 5.97 Å². The van der Waals surface area contributed by atoms with Gasteiger partial charge in [-0.2, -0.15) is 0 Å². The van der Waals surface area contributed by atoms with Crippen LogP contribution in [0.15, 0.2) is 0 Å². The normalized spacial score (nSPS) is 12.6. The maximum Gasteiger partial charge on any atom is 0.317 e. The minimum atomic E-state index is -1.08. The third-order valence-corrected chi connectivity index (χ3v) is 1.36. The molecule has 0 bridgehead atoms. The smallest absolute Gasteiger partial charge is 0.317 e. The Labute approximate surface area is 60.2 Å². The Balaban J connectivity index is 3.63. The first-order valence-corrected chi connectivity index (χ1v) is 3.10. The summed E-state index contributed by atoms with van der Waals surface area (Å²) in [5.74, 6) is -1.70. The summed E-state index contributed by atoms with van der Waals surface area (Å²) in [4.78, 5) is 19.2. The second kappa shape index (κ2) is 3.45. The van der Waals surface area contributed by atoms with Crippen LogP contribution in [0.2, 0.25) is 0 Å². The van der Waals surface area contributed by atoms with E-state index in [1.165, 1.54) is 0 Å². The average molecular weight is 196 g/mol. The van der Waals surface area contributed by atoms with Crippen LogP contribution in [0, 0.1) is 0 Å². The van der Waals surface area contributed by atoms with E-state index < -0.39 is 16.7 Å². The summed E-state index contributed by atoms with van der Waals surface area (Å²) in [6.45, 7) is 0. The Bertz CT molecular complexity index is 136. The SMILES string of the molecule is NC(=O)C[C@H](Br)C(=O)O. The van der Waals surface area contributed by atoms with E-state index in [9.17, 15) is 9.59 Å². The lowest BCUT2D eigenvalue weighted by atomic mass is 10.3. The molecule has 52 valence electrons. The number of amides is 1. The number of alkyl halides is 1. The molecule has 3 N–H and O–H groups in total. The molecule has 5 heteroatoms. The molecule has 1 amide bonds. The van der Waals surface area contributed by atoms with Crippen LogP contribution >= 0.6 is 15.9 Å². The molecule has 0 fully saturated rings. The van der Waals surface area contributed by atoms with Gasteiger partial charge in [0.05, 0.1) is 0 Å². The summed E-state index contributed by atoms with van der Waals surface area (Å²) in [5, 5.41) is 8.18. The zero-order chi connectivity index (χ0) is 7.44. The average Bonchev–Trinajstić information content (AvgIpc) is 1.63. The fraction of sp³-hybridized carbons (Fsp3) is 0.500. The van der Waals surface area contributed by atoms with Crippen LogP contribution in [0.3, 0.4) is 0 Å². The second-order valence-electron chi connectivity index (χ2n) is 1.48. The third-order valence-electron chi connectivity index (χ3n) is 0.648. The summed E-state index contributed by atoms with van der Waals surface area (Å²) >= 11 is 2.74. The molecule has 0 aromatic heterocycles. The minimum Gasteiger partial charge on any atom is -0.480 e. The number of aliphatic carboxylic acids is 1. The second-order valence-corrected chi connectivity index (χ2v) is 2.58. The standard InChI is InChI=1S/C4H6BrNO3/c5-2(4(8)9)1-3(6)7/h2H,1H2,(H2,6,7)(H,8,9)/t2-/m0/s1. The van der Waals surface area contributed by atoms with E-state index in [2.05, 4.69) is 15.9 Å². The van der Waals surface area contributed by atoms with Gasteiger partial charge in [0.1, 0.15) is 4.83 Å². The van der Waals surface area contributed by atoms with Gasteiger partial charge in [0.2, 0.25) is 5.91 Å². The molecule has 0 aromatic carbocycles. The van der Waals surface area contributed by atoms with Crippen LogP contribution in [0.5, 0.6) is 0 Å². The number of halogens is 1. The number of hydrogen-bond donors (Lipinski definition) is 2. The largest absolute Gasteiger partial charge is 0.480 e. The molecule has 0 saturated carbocycles. The van der Waals surface area contributed by atoms with Gasteiger partial charge in [-0.05, 0) is 0 Å². The molecule has 0 aliphatic carbocycles. The van der Waals surface area contributed by atoms with Gasteiger partial charge in [0.15, 0.2) is 0 Å². The van der Waals surface area contributed by atoms with Crippen LogP contribution in [0.4, 0.5) is 0 Å². The molecule has 0 unspecified atom stereocenters. The van der Waals surface area contributed by atoms with Gasteiger partial charge in [0, 0.05) is 6.42 Å². The lowest BCUT2D eigenvalue weighted by molar-refractivity contribution is -0.137. The van der Waals surface area contributed by atoms with Gasteiger partial charge in [0.25, 0.3) is 0 Å². The molecule has 4 nitrogen and oxygen atoms in total. The number of carboxylic acid groups (broad SMARTS) is 1. The Kier molecular flexibility index (Phi) is 3.22. The summed E-state index contributed by atoms with van der Waals surface area (Å²) in [5.41, 5.74) is 4.70. The molecule has 0 radical (unpaired) electrons. The first kappa shape index (κ1) is 8.42. The van der Waals surface area contributed by atoms with Crippen molar-refractivity contribution >= 4 is 27.8 Å². The number of carbonyl (C=O) groups is 2. The van der Waals surface area contributed by atoms with Gasteiger partial charge in [-0.1, -0.05) is 15.9 Å². The minimum absolute atomic E-state index is 0.171. The van der Waals surface area contributed by atoms with Crippen LogP contribution in [0.25, 0.3) is 0 Å². The first-order valence-electron chi connectivity index (χ1n) is 2.19. The van der Waals surface area contributed by atoms with E-state index in [1.54, 1.807) is 0 Å². The van der Waals surface area contributed by atoms with E-state index in [0.717, 1.165) is 0 Å². The Morgan fingerprint density at radius 2 is 2.11 bits per heavy atom. The summed E-state index contributed by atoms with van der Waals surface area (Å²) in [6, 6.07) is 0. The highest BCUT2D eigenvalue weighted by Crippen LogP contribution is 2.03. The number of carboxylic acids is 1. The van der Waals surface area contributed by atoms with E-state index in [-0.39, 0.29) is 6.42 Å². The van der Waals surface area contributed by atoms with Crippen LogP contribution in [0.1, 0.15) is 6.42 Å². The quantitative estimate of drug-likeness (QED) is 0.608. The highest BCUT2D eigenvalue weighted by Gasteiger charge is 2.14. The van der Waals surface area contributed by atoms with Gasteiger partial charge in [-0.3, -0.25) is 9.59 Å². The predicted octanol–water partition coefficient (Wildman–Crippen LogP) is -0.290. The number of nitrogens with two attached hydrogens (primary N) is 1. The topological polar surface area (TPSA) is 80.4 Å². The molecule has 0 spiro atoms. The molecule has 9 heavy (non-hydrogen) atoms. The van der Waals surface area contributed by atoms with Crippen molar-refractivity contribution in [2.75, 3.05) is 0 Å². The third kappa shape index (κ3) is 3.96. The summed E-state index contributed by atoms with van der Waals surface area (Å²) in [7, 11) is 0. The van der Waals surface area contributed by atoms with Gasteiger partial charge in [-0.15, -0.1) is 0 Å². The van der Waals surface area contributed by atoms with Gasteiger partial charge in [-0.25, -0.2) is 0 Å². The Morgan fingerprint density at radius 3 is 2.22 bits per heavy atom. The molecule has 0 aromatic rings. The maximum atomic E-state index is 10.0. The van der Waals surface area contributed by atoms with Crippen LogP contribution in [-0.2, 0) is 9.59 Å². The summed E-state index contributed by atoms with van der Waals surface area (Å²) in [6.07, 6.45) is -0.171. The van der Waals surface area contributed by atoms with E-state index in [0.29, 0.717) is 0 Å². The van der Waals surface area contributed by atoms with Crippen molar-refractivity contribution in [3.8, 4) is 0 Å². The molecular weight excluding hydrogens is 190 g/mol. The van der Waals surface area contributed by atoms with Crippen LogP contribution < -0.4 is 5.73 Å². The monoisotopic (exact) mass is 195 g/mol. The molecule has 0 aliphatic heterocycles. The molecule has 0 saturated heterocycles. The zero-order valence-corrected chi connectivity index (χ0v) is 6.09. The van der Waals surface area contributed by atoms with Crippen molar-refractivity contribution in [2.45, 2.75) is 11.2 Å². The first-order chi connectivity index (χ1) is 4.04. The van der Waals surface area contributed by atoms with Crippen molar-refractivity contribution < 1.29 is 14.7 Å². The maximum absolute atomic E-state index is 10.0. The number of carbonyl (C=O) groups excluding carboxylic acids is 1. The fourth-order valence-electron chi connectivity index (χ4n) is 0.264. The van der Waals surface area contributed by atoms with Crippen molar-refractivity contribution in [2.24, 2.45) is 5.73 Å². The molecule has 0 heterocycles. The Morgan fingerprint density at radius 1 is 1.67 bits per heavy atom. The van der Waals surface area contributed by atoms with Crippen molar-refractivity contribution in [1.29, 1.82) is 0 Å². The van der Waals surface area contributed by atoms with Crippen LogP contribution in [-0.4, -0.2) is 21.8 Å². The molecular formula is C4H6BrNO3. The number of primary amides is 1. The molecule has 0 aliphatic rings. The van der Waals surface area contributed by atoms with E-state index >= 15 is 0 Å². The van der Waals surface area contributed by atoms with Crippen molar-refractivity contribution in [1.82, 2.24) is 0 Å². The highest BCUT2D eigenvalue weighted by atomic mass is 79.9. The zero-order valence-electron chi connectivity index (χ0n) is 4.50. The van der Waals surface area contributed by atoms with E-state index in [4.69, 9.17) is 10.8 Å². The molecule has 1 atom stereocenters. The fourth-order valence-corrected chi connectivity index (χ4v) is 0.583. The number of hydrogen-bond acceptors (Lipinski definition) is 2. The van der Waals surface area contributed by atoms with Gasteiger partial charge < -0.3 is 10.8 Å². The Hall–Kier alpha value is -0.580. The lowest BCUT2D eigenvalue weighted by Gasteiger charge is -1.97. The van der Waals surface area contributed by atoms with Crippen molar-refractivity contribution in [3.63, 3.8) is 0 Å². The number of rotatable bonds is 3. The lowest BCUT2D eigenvalue weighted by Crippen LogP contribution is -2.22. The van der Waals surface area contributed by atoms with Crippen molar-refractivity contribution in [3.05, 3.63) is 0 Å².